The number of benzene rings is 2. The van der Waals surface area contributed by atoms with Gasteiger partial charge >= 0.3 is 17.9 Å². The Morgan fingerprint density at radius 3 is 1.24 bits per heavy atom. The van der Waals surface area contributed by atoms with Crippen molar-refractivity contribution in [3.63, 3.8) is 0 Å². The second-order valence-corrected chi connectivity index (χ2v) is 20.2. The quantitative estimate of drug-likeness (QED) is 0.0278. The largest absolute Gasteiger partial charge is 0.481 e. The van der Waals surface area contributed by atoms with E-state index in [9.17, 15) is 88.2 Å². The van der Waals surface area contributed by atoms with Gasteiger partial charge < -0.3 is 95.7 Å². The number of unbranched alkanes of at least 4 members (excludes halogenated alkanes) is 2. The molecule has 11 atom stereocenters. The van der Waals surface area contributed by atoms with Gasteiger partial charge in [0, 0.05) is 19.3 Å². The zero-order valence-electron chi connectivity index (χ0n) is 47.1. The van der Waals surface area contributed by atoms with Crippen LogP contribution in [-0.4, -0.2) is 195 Å². The first-order valence-corrected chi connectivity index (χ1v) is 27.3. The number of carboxylic acid groups (broad SMARTS) is 3. The van der Waals surface area contributed by atoms with E-state index in [-0.39, 0.29) is 51.6 Å². The Bertz CT molecular complexity index is 2510. The monoisotopic (exact) mass is 1190 g/mol. The third kappa shape index (κ3) is 26.0. The molecule has 0 heterocycles. The highest BCUT2D eigenvalue weighted by Crippen LogP contribution is 2.12. The first-order valence-electron chi connectivity index (χ1n) is 27.3. The predicted octanol–water partition coefficient (Wildman–Crippen LogP) is -5.13. The van der Waals surface area contributed by atoms with Crippen LogP contribution in [0.4, 0.5) is 0 Å². The molecule has 2 aromatic carbocycles. The minimum absolute atomic E-state index is 0.128. The summed E-state index contributed by atoms with van der Waals surface area (Å²) in [5.74, 6) is -14.8. The Morgan fingerprint density at radius 2 is 0.810 bits per heavy atom. The van der Waals surface area contributed by atoms with E-state index in [0.29, 0.717) is 24.0 Å². The zero-order chi connectivity index (χ0) is 63.1. The molecule has 466 valence electrons. The lowest BCUT2D eigenvalue weighted by Gasteiger charge is -2.29. The van der Waals surface area contributed by atoms with E-state index < -0.39 is 176 Å². The standard InChI is InChI=1S/C54H82N12O18/c1-29(2)43(65-53(82)44(30(3)69)66-45(74)33(57)27-67)52(81)60-35(19-11-13-23-56)47(76)62-38(26-42(72)73)50(79)58-34(18-10-12-22-55)46(75)61-37(24-31-14-6-4-7-15-31)49(78)64-40(28-68)51(80)59-36(20-21-41(70)71)48(77)63-39(54(83)84)25-32-16-8-5-9-17-32/h4-9,14-17,29-30,33-40,43-44,67-69H,10-13,18-28,55-57H2,1-3H3,(H,58,79)(H,59,80)(H,60,81)(H,61,75)(H,62,76)(H,63,77)(H,64,78)(H,65,82)(H,66,74)(H,70,71)(H,72,73)(H,83,84)/t30-,33+,34+,35+,36+,37+,38+,39+,40+,43+,44+/m1/s1. The van der Waals surface area contributed by atoms with E-state index in [2.05, 4.69) is 47.9 Å². The van der Waals surface area contributed by atoms with Crippen LogP contribution in [0.25, 0.3) is 0 Å². The van der Waals surface area contributed by atoms with E-state index >= 15 is 0 Å². The zero-order valence-corrected chi connectivity index (χ0v) is 47.1. The topological polar surface area (TPSA) is 513 Å². The average Bonchev–Trinajstić information content (AvgIpc) is 3.61. The Labute approximate surface area is 484 Å². The van der Waals surface area contributed by atoms with Crippen LogP contribution in [0.5, 0.6) is 0 Å². The van der Waals surface area contributed by atoms with Crippen LogP contribution in [0.15, 0.2) is 60.7 Å². The summed E-state index contributed by atoms with van der Waals surface area (Å²) < 4.78 is 0. The summed E-state index contributed by atoms with van der Waals surface area (Å²) >= 11 is 0. The van der Waals surface area contributed by atoms with Crippen LogP contribution in [0.2, 0.25) is 0 Å². The Morgan fingerprint density at radius 1 is 0.429 bits per heavy atom. The molecule has 0 aliphatic rings. The van der Waals surface area contributed by atoms with Crippen LogP contribution in [0, 0.1) is 5.92 Å². The van der Waals surface area contributed by atoms with Gasteiger partial charge in [0.25, 0.3) is 0 Å². The second-order valence-electron chi connectivity index (χ2n) is 20.2. The minimum atomic E-state index is -1.93. The fraction of sp³-hybridized carbons (Fsp3) is 0.556. The molecule has 2 rings (SSSR count). The molecule has 0 unspecified atom stereocenters. The minimum Gasteiger partial charge on any atom is -0.481 e. The van der Waals surface area contributed by atoms with Crippen LogP contribution in [-0.2, 0) is 70.4 Å². The van der Waals surface area contributed by atoms with Crippen molar-refractivity contribution in [2.24, 2.45) is 23.1 Å². The van der Waals surface area contributed by atoms with Gasteiger partial charge in [0.2, 0.25) is 53.2 Å². The number of carboxylic acids is 3. The number of nitrogens with one attached hydrogen (secondary N) is 9. The second kappa shape index (κ2) is 37.8. The lowest BCUT2D eigenvalue weighted by Crippen LogP contribution is -2.62. The van der Waals surface area contributed by atoms with Gasteiger partial charge in [-0.25, -0.2) is 4.79 Å². The molecule has 0 aliphatic heterocycles. The van der Waals surface area contributed by atoms with Gasteiger partial charge in [-0.1, -0.05) is 74.5 Å². The van der Waals surface area contributed by atoms with Crippen molar-refractivity contribution in [1.82, 2.24) is 47.9 Å². The molecule has 0 aromatic heterocycles. The summed E-state index contributed by atoms with van der Waals surface area (Å²) in [5.41, 5.74) is 17.9. The van der Waals surface area contributed by atoms with Gasteiger partial charge in [0.05, 0.1) is 25.7 Å². The molecule has 0 fully saturated rings. The van der Waals surface area contributed by atoms with Gasteiger partial charge in [-0.15, -0.1) is 0 Å². The van der Waals surface area contributed by atoms with Gasteiger partial charge in [0.15, 0.2) is 0 Å². The van der Waals surface area contributed by atoms with E-state index in [1.165, 1.54) is 20.8 Å². The number of amides is 9. The Hall–Kier alpha value is -8.16. The maximum atomic E-state index is 14.3. The van der Waals surface area contributed by atoms with Crippen molar-refractivity contribution in [2.75, 3.05) is 26.3 Å². The van der Waals surface area contributed by atoms with Crippen LogP contribution in [0.3, 0.4) is 0 Å². The molecule has 30 heteroatoms. The Kier molecular flexibility index (Phi) is 32.4. The summed E-state index contributed by atoms with van der Waals surface area (Å²) in [7, 11) is 0. The third-order valence-electron chi connectivity index (χ3n) is 12.9. The van der Waals surface area contributed by atoms with E-state index in [1.54, 1.807) is 60.7 Å². The van der Waals surface area contributed by atoms with E-state index in [4.69, 9.17) is 17.2 Å². The van der Waals surface area contributed by atoms with Crippen molar-refractivity contribution in [1.29, 1.82) is 0 Å². The first-order chi connectivity index (χ1) is 39.8. The van der Waals surface area contributed by atoms with E-state index in [1.807, 2.05) is 0 Å². The molecular weight excluding hydrogens is 1100 g/mol. The number of hydrogen-bond acceptors (Lipinski definition) is 18. The Balaban J connectivity index is 2.46. The van der Waals surface area contributed by atoms with Gasteiger partial charge in [-0.3, -0.25) is 52.7 Å². The number of carbonyl (C=O) groups excluding carboxylic acids is 9. The molecule has 9 amide bonds. The lowest BCUT2D eigenvalue weighted by atomic mass is 10.0. The number of nitrogens with two attached hydrogens (primary N) is 3. The van der Waals surface area contributed by atoms with Crippen molar-refractivity contribution >= 4 is 71.1 Å². The van der Waals surface area contributed by atoms with Gasteiger partial charge in [0.1, 0.15) is 60.4 Å². The summed E-state index contributed by atoms with van der Waals surface area (Å²) in [6.07, 6.45) is -3.56. The molecule has 0 bridgehead atoms. The smallest absolute Gasteiger partial charge is 0.326 e. The molecule has 0 aliphatic carbocycles. The summed E-state index contributed by atoms with van der Waals surface area (Å²) in [4.78, 5) is 160. The highest BCUT2D eigenvalue weighted by Gasteiger charge is 2.37. The van der Waals surface area contributed by atoms with Crippen LogP contribution in [0.1, 0.15) is 89.7 Å². The molecule has 21 N–H and O–H groups in total. The van der Waals surface area contributed by atoms with Gasteiger partial charge in [-0.2, -0.15) is 0 Å². The summed E-state index contributed by atoms with van der Waals surface area (Å²) in [6.45, 7) is 2.63. The van der Waals surface area contributed by atoms with E-state index in [0.717, 1.165) is 0 Å². The maximum absolute atomic E-state index is 14.3. The SMILES string of the molecule is CC(C)[C@H](NC(=O)[C@@H](NC(=O)[C@@H](N)CO)[C@@H](C)O)C(=O)N[C@@H](CCCCN)C(=O)N[C@@H](CC(=O)O)C(=O)N[C@@H](CCCCN)C(=O)N[C@@H](Cc1ccccc1)C(=O)N[C@@H](CO)C(=O)N[C@@H](CCC(=O)O)C(=O)N[C@@H](Cc1ccccc1)C(=O)O. The maximum Gasteiger partial charge on any atom is 0.326 e. The molecule has 30 nitrogen and oxygen atoms in total. The number of hydrogen-bond donors (Lipinski definition) is 18. The average molecular weight is 1190 g/mol. The molecular formula is C54H82N12O18. The highest BCUT2D eigenvalue weighted by atomic mass is 16.4. The van der Waals surface area contributed by atoms with Crippen LogP contribution >= 0.6 is 0 Å². The normalized spacial score (nSPS) is 15.0. The van der Waals surface area contributed by atoms with Gasteiger partial charge in [-0.05, 0) is 82.0 Å². The van der Waals surface area contributed by atoms with Crippen molar-refractivity contribution < 1.29 is 88.2 Å². The first kappa shape index (κ1) is 71.9. The number of rotatable bonds is 40. The number of aliphatic hydroxyl groups excluding tert-OH is 3. The highest BCUT2D eigenvalue weighted by molar-refractivity contribution is 5.99. The van der Waals surface area contributed by atoms with Crippen LogP contribution < -0.4 is 65.1 Å². The van der Waals surface area contributed by atoms with Crippen molar-refractivity contribution in [2.45, 2.75) is 158 Å². The molecule has 0 radical (unpaired) electrons. The third-order valence-corrected chi connectivity index (χ3v) is 12.9. The fourth-order valence-electron chi connectivity index (χ4n) is 8.17. The predicted molar refractivity (Wildman–Crippen MR) is 299 cm³/mol. The molecule has 0 spiro atoms. The number of aliphatic hydroxyl groups is 3. The number of carbonyl (C=O) groups is 12. The summed E-state index contributed by atoms with van der Waals surface area (Å²) in [5, 5.41) is 80.5. The molecule has 0 saturated heterocycles. The summed E-state index contributed by atoms with van der Waals surface area (Å²) in [6, 6.07) is 0.0523. The van der Waals surface area contributed by atoms with Crippen molar-refractivity contribution in [3.05, 3.63) is 71.8 Å². The number of aliphatic carboxylic acids is 3. The molecule has 0 saturated carbocycles. The fourth-order valence-corrected chi connectivity index (χ4v) is 8.17. The molecule has 2 aromatic rings. The lowest BCUT2D eigenvalue weighted by molar-refractivity contribution is -0.143. The van der Waals surface area contributed by atoms with Crippen molar-refractivity contribution in [3.8, 4) is 0 Å². The molecule has 84 heavy (non-hydrogen) atoms.